The van der Waals surface area contributed by atoms with E-state index in [2.05, 4.69) is 4.72 Å². The second-order valence-corrected chi connectivity index (χ2v) is 7.76. The molecule has 0 radical (unpaired) electrons. The van der Waals surface area contributed by atoms with Crippen LogP contribution < -0.4 is 10.0 Å². The van der Waals surface area contributed by atoms with Gasteiger partial charge in [0.25, 0.3) is 0 Å². The number of carbonyl (C=O) groups is 1. The standard InChI is InChI=1S/C16H24N2O5S/c19-15(9-10-17-16(20)21)12-5-4-6-13(11-12)18-24(22,23)14-7-2-1-3-8-14/h4-6,11,14-15,17-19H,1-3,7-10H2,(H,20,21)/i9D2. The molecule has 1 amide bonds. The molecule has 1 saturated carbocycles. The Kier molecular flexibility index (Phi) is 5.46. The van der Waals surface area contributed by atoms with Gasteiger partial charge in [-0.15, -0.1) is 0 Å². The van der Waals surface area contributed by atoms with Gasteiger partial charge in [0.1, 0.15) is 0 Å². The lowest BCUT2D eigenvalue weighted by molar-refractivity contribution is 0.162. The number of benzene rings is 1. The number of aliphatic hydroxyl groups is 1. The van der Waals surface area contributed by atoms with Crippen molar-refractivity contribution < 1.29 is 26.2 Å². The van der Waals surface area contributed by atoms with Gasteiger partial charge in [-0.2, -0.15) is 0 Å². The molecule has 1 fully saturated rings. The highest BCUT2D eigenvalue weighted by Crippen LogP contribution is 2.26. The molecule has 1 aliphatic rings. The van der Waals surface area contributed by atoms with Crippen molar-refractivity contribution in [3.05, 3.63) is 29.8 Å². The lowest BCUT2D eigenvalue weighted by atomic mass is 10.0. The number of sulfonamides is 1. The van der Waals surface area contributed by atoms with Gasteiger partial charge in [-0.05, 0) is 36.9 Å². The average molecular weight is 358 g/mol. The summed E-state index contributed by atoms with van der Waals surface area (Å²) in [5.41, 5.74) is 0.403. The van der Waals surface area contributed by atoms with Gasteiger partial charge in [-0.25, -0.2) is 13.2 Å². The first-order chi connectivity index (χ1) is 12.1. The zero-order valence-electron chi connectivity index (χ0n) is 15.2. The van der Waals surface area contributed by atoms with Crippen LogP contribution in [0.15, 0.2) is 24.3 Å². The predicted molar refractivity (Wildman–Crippen MR) is 91.5 cm³/mol. The Labute approximate surface area is 144 Å². The molecule has 134 valence electrons. The lowest BCUT2D eigenvalue weighted by Crippen LogP contribution is -2.29. The van der Waals surface area contributed by atoms with Crippen molar-refractivity contribution in [2.75, 3.05) is 11.3 Å². The van der Waals surface area contributed by atoms with E-state index in [1.807, 2.05) is 5.32 Å². The Balaban J connectivity index is 2.12. The van der Waals surface area contributed by atoms with Crippen LogP contribution in [0.1, 0.15) is 52.9 Å². The normalized spacial score (nSPS) is 19.0. The largest absolute Gasteiger partial charge is 0.465 e. The summed E-state index contributed by atoms with van der Waals surface area (Å²) in [5, 5.41) is 20.3. The van der Waals surface area contributed by atoms with Crippen molar-refractivity contribution in [2.45, 2.75) is 49.8 Å². The van der Waals surface area contributed by atoms with Crippen LogP contribution in [0.3, 0.4) is 0 Å². The highest BCUT2D eigenvalue weighted by Gasteiger charge is 2.27. The van der Waals surface area contributed by atoms with E-state index in [9.17, 15) is 18.3 Å². The molecule has 4 N–H and O–H groups in total. The van der Waals surface area contributed by atoms with Crippen molar-refractivity contribution in [1.82, 2.24) is 5.32 Å². The molecule has 24 heavy (non-hydrogen) atoms. The monoisotopic (exact) mass is 358 g/mol. The third-order valence-electron chi connectivity index (χ3n) is 3.99. The van der Waals surface area contributed by atoms with E-state index in [1.54, 1.807) is 0 Å². The van der Waals surface area contributed by atoms with Crippen LogP contribution in [-0.4, -0.2) is 36.5 Å². The van der Waals surface area contributed by atoms with Gasteiger partial charge < -0.3 is 15.5 Å². The molecule has 0 aliphatic heterocycles. The fourth-order valence-corrected chi connectivity index (χ4v) is 4.31. The summed E-state index contributed by atoms with van der Waals surface area (Å²) in [6.45, 7) is -0.596. The van der Waals surface area contributed by atoms with Crippen LogP contribution in [0, 0.1) is 0 Å². The van der Waals surface area contributed by atoms with Gasteiger partial charge in [-0.1, -0.05) is 31.4 Å². The first-order valence-corrected chi connectivity index (χ1v) is 9.43. The Bertz CT molecular complexity index is 736. The first-order valence-electron chi connectivity index (χ1n) is 8.88. The Hall–Kier alpha value is -1.80. The third kappa shape index (κ3) is 5.38. The summed E-state index contributed by atoms with van der Waals surface area (Å²) in [7, 11) is -3.55. The van der Waals surface area contributed by atoms with Crippen molar-refractivity contribution >= 4 is 21.8 Å². The Morgan fingerprint density at radius 3 is 2.71 bits per heavy atom. The maximum Gasteiger partial charge on any atom is 0.404 e. The maximum atomic E-state index is 12.5. The fraction of sp³-hybridized carbons (Fsp3) is 0.562. The summed E-state index contributed by atoms with van der Waals surface area (Å²) >= 11 is 0. The number of hydrogen-bond donors (Lipinski definition) is 4. The quantitative estimate of drug-likeness (QED) is 0.597. The van der Waals surface area contributed by atoms with Gasteiger partial charge >= 0.3 is 6.09 Å². The Morgan fingerprint density at radius 1 is 1.33 bits per heavy atom. The number of rotatable bonds is 7. The molecule has 8 heteroatoms. The van der Waals surface area contributed by atoms with E-state index >= 15 is 0 Å². The Morgan fingerprint density at radius 2 is 2.04 bits per heavy atom. The highest BCUT2D eigenvalue weighted by atomic mass is 32.2. The summed E-state index contributed by atoms with van der Waals surface area (Å²) in [5.74, 6) is 0. The predicted octanol–water partition coefficient (Wildman–Crippen LogP) is 2.45. The molecule has 1 unspecified atom stereocenters. The van der Waals surface area contributed by atoms with Crippen molar-refractivity contribution in [3.63, 3.8) is 0 Å². The molecule has 0 bridgehead atoms. The van der Waals surface area contributed by atoms with E-state index < -0.39 is 40.4 Å². The summed E-state index contributed by atoms with van der Waals surface area (Å²) in [6, 6.07) is 5.87. The van der Waals surface area contributed by atoms with Crippen LogP contribution in [0.5, 0.6) is 0 Å². The number of anilines is 1. The van der Waals surface area contributed by atoms with Crippen LogP contribution >= 0.6 is 0 Å². The van der Waals surface area contributed by atoms with Crippen molar-refractivity contribution in [1.29, 1.82) is 0 Å². The van der Waals surface area contributed by atoms with E-state index in [0.717, 1.165) is 19.3 Å². The van der Waals surface area contributed by atoms with Gasteiger partial charge in [-0.3, -0.25) is 4.72 Å². The van der Waals surface area contributed by atoms with E-state index in [0.29, 0.717) is 12.8 Å². The van der Waals surface area contributed by atoms with Crippen LogP contribution in [-0.2, 0) is 10.0 Å². The molecule has 1 aliphatic carbocycles. The number of amides is 1. The molecular formula is C16H24N2O5S. The van der Waals surface area contributed by atoms with Gasteiger partial charge in [0, 0.05) is 15.0 Å². The number of nitrogens with one attached hydrogen (secondary N) is 2. The topological polar surface area (TPSA) is 116 Å². The molecule has 2 rings (SSSR count). The molecule has 0 aromatic heterocycles. The van der Waals surface area contributed by atoms with Crippen molar-refractivity contribution in [3.8, 4) is 0 Å². The molecule has 0 heterocycles. The average Bonchev–Trinajstić information content (AvgIpc) is 2.60. The van der Waals surface area contributed by atoms with E-state index in [1.165, 1.54) is 24.3 Å². The van der Waals surface area contributed by atoms with E-state index in [-0.39, 0.29) is 11.3 Å². The number of carboxylic acid groups (broad SMARTS) is 1. The molecule has 1 atom stereocenters. The zero-order valence-corrected chi connectivity index (χ0v) is 14.1. The molecular weight excluding hydrogens is 332 g/mol. The molecule has 7 nitrogen and oxygen atoms in total. The minimum atomic E-state index is -3.55. The molecule has 0 spiro atoms. The van der Waals surface area contributed by atoms with E-state index in [4.69, 9.17) is 7.85 Å². The lowest BCUT2D eigenvalue weighted by Gasteiger charge is -2.22. The molecule has 1 aromatic rings. The van der Waals surface area contributed by atoms with Crippen LogP contribution in [0.25, 0.3) is 0 Å². The minimum Gasteiger partial charge on any atom is -0.465 e. The SMILES string of the molecule is [2H]C([2H])(CNC(=O)O)C(O)c1cccc(NS(=O)(=O)C2CCCCC2)c1. The summed E-state index contributed by atoms with van der Waals surface area (Å²) < 4.78 is 43.1. The third-order valence-corrected chi connectivity index (χ3v) is 5.86. The van der Waals surface area contributed by atoms with Crippen LogP contribution in [0.4, 0.5) is 10.5 Å². The summed E-state index contributed by atoms with van der Waals surface area (Å²) in [6.07, 6.45) is -1.25. The van der Waals surface area contributed by atoms with Gasteiger partial charge in [0.15, 0.2) is 0 Å². The zero-order chi connectivity index (χ0) is 19.4. The second-order valence-electron chi connectivity index (χ2n) is 5.80. The maximum absolute atomic E-state index is 12.5. The number of aliphatic hydroxyl groups excluding tert-OH is 1. The molecule has 0 saturated heterocycles. The smallest absolute Gasteiger partial charge is 0.404 e. The first kappa shape index (κ1) is 15.7. The summed E-state index contributed by atoms with van der Waals surface area (Å²) in [4.78, 5) is 10.5. The molecule has 1 aromatic carbocycles. The number of hydrogen-bond acceptors (Lipinski definition) is 4. The van der Waals surface area contributed by atoms with Gasteiger partial charge in [0.05, 0.1) is 11.4 Å². The second kappa shape index (κ2) is 8.34. The van der Waals surface area contributed by atoms with Gasteiger partial charge in [0.2, 0.25) is 10.0 Å². The minimum absolute atomic E-state index is 0.158. The fourth-order valence-electron chi connectivity index (χ4n) is 2.74. The highest BCUT2D eigenvalue weighted by molar-refractivity contribution is 7.93. The van der Waals surface area contributed by atoms with Crippen molar-refractivity contribution in [2.24, 2.45) is 0 Å². The van der Waals surface area contributed by atoms with Crippen LogP contribution in [0.2, 0.25) is 0 Å².